The molecule has 2 aliphatic rings. The first kappa shape index (κ1) is 5.65. The van der Waals surface area contributed by atoms with E-state index in [1.807, 2.05) is 0 Å². The Morgan fingerprint density at radius 3 is 3.22 bits per heavy atom. The SMILES string of the molecule is [CH]1CC2COOC(C1)N2. The number of hydrogen-bond acceptors (Lipinski definition) is 3. The molecule has 1 radical (unpaired) electrons. The van der Waals surface area contributed by atoms with Crippen LogP contribution in [0.15, 0.2) is 0 Å². The molecule has 0 amide bonds. The molecule has 2 saturated heterocycles. The fourth-order valence-corrected chi connectivity index (χ4v) is 1.23. The first-order valence-electron chi connectivity index (χ1n) is 3.31. The Morgan fingerprint density at radius 2 is 2.44 bits per heavy atom. The fraction of sp³-hybridized carbons (Fsp3) is 0.833. The Balaban J connectivity index is 1.96. The average Bonchev–Trinajstić information content (AvgIpc) is 1.88. The second-order valence-electron chi connectivity index (χ2n) is 2.49. The van der Waals surface area contributed by atoms with E-state index >= 15 is 0 Å². The first-order valence-corrected chi connectivity index (χ1v) is 3.31. The van der Waals surface area contributed by atoms with Crippen LogP contribution in [0.2, 0.25) is 0 Å². The molecule has 0 aromatic heterocycles. The van der Waals surface area contributed by atoms with E-state index in [9.17, 15) is 0 Å². The van der Waals surface area contributed by atoms with Crippen molar-refractivity contribution in [1.82, 2.24) is 5.32 Å². The highest BCUT2D eigenvalue weighted by molar-refractivity contribution is 4.86. The lowest BCUT2D eigenvalue weighted by molar-refractivity contribution is -0.361. The molecule has 0 aromatic carbocycles. The highest BCUT2D eigenvalue weighted by Gasteiger charge is 2.26. The van der Waals surface area contributed by atoms with E-state index in [4.69, 9.17) is 9.78 Å². The summed E-state index contributed by atoms with van der Waals surface area (Å²) in [6.07, 6.45) is 4.45. The Hall–Kier alpha value is -0.120. The zero-order valence-corrected chi connectivity index (χ0v) is 5.17. The topological polar surface area (TPSA) is 30.5 Å². The minimum absolute atomic E-state index is 0.123. The summed E-state index contributed by atoms with van der Waals surface area (Å²) >= 11 is 0. The van der Waals surface area contributed by atoms with Crippen LogP contribution >= 0.6 is 0 Å². The third-order valence-electron chi connectivity index (χ3n) is 1.71. The lowest BCUT2D eigenvalue weighted by Gasteiger charge is -2.33. The van der Waals surface area contributed by atoms with Crippen LogP contribution in [0.3, 0.4) is 0 Å². The van der Waals surface area contributed by atoms with Crippen molar-refractivity contribution in [3.8, 4) is 0 Å². The van der Waals surface area contributed by atoms with Gasteiger partial charge in [0.05, 0.1) is 6.61 Å². The van der Waals surface area contributed by atoms with Gasteiger partial charge in [0.15, 0.2) is 0 Å². The van der Waals surface area contributed by atoms with Gasteiger partial charge in [-0.05, 0) is 19.3 Å². The van der Waals surface area contributed by atoms with Crippen LogP contribution in [0.25, 0.3) is 0 Å². The van der Waals surface area contributed by atoms with Crippen LogP contribution in [0, 0.1) is 6.42 Å². The summed E-state index contributed by atoms with van der Waals surface area (Å²) in [5.74, 6) is 0. The number of hydrogen-bond donors (Lipinski definition) is 1. The van der Waals surface area contributed by atoms with Crippen molar-refractivity contribution in [2.45, 2.75) is 25.1 Å². The summed E-state index contributed by atoms with van der Waals surface area (Å²) in [5, 5.41) is 3.27. The van der Waals surface area contributed by atoms with Crippen molar-refractivity contribution in [3.05, 3.63) is 6.42 Å². The Bertz CT molecular complexity index is 87.2. The molecule has 0 spiro atoms. The standard InChI is InChI=1S/C6H10NO2/c1-2-5-4-8-9-6(3-1)7-5/h1,5-7H,2-4H2. The molecule has 2 atom stereocenters. The van der Waals surface area contributed by atoms with Gasteiger partial charge in [-0.15, -0.1) is 0 Å². The van der Waals surface area contributed by atoms with Crippen LogP contribution in [0.1, 0.15) is 12.8 Å². The lowest BCUT2D eigenvalue weighted by atomic mass is 10.0. The molecule has 0 aromatic rings. The summed E-state index contributed by atoms with van der Waals surface area (Å²) in [7, 11) is 0. The third-order valence-corrected chi connectivity index (χ3v) is 1.71. The quantitative estimate of drug-likeness (QED) is 0.474. The molecule has 2 aliphatic heterocycles. The molecule has 51 valence electrons. The molecule has 2 heterocycles. The number of nitrogens with one attached hydrogen (secondary N) is 1. The first-order chi connectivity index (χ1) is 4.45. The summed E-state index contributed by atoms with van der Waals surface area (Å²) in [6, 6.07) is 0.498. The van der Waals surface area contributed by atoms with Crippen LogP contribution < -0.4 is 5.32 Å². The van der Waals surface area contributed by atoms with Crippen molar-refractivity contribution in [2.75, 3.05) is 6.61 Å². The Morgan fingerprint density at radius 1 is 1.44 bits per heavy atom. The maximum Gasteiger partial charge on any atom is 0.144 e. The van der Waals surface area contributed by atoms with E-state index in [0.717, 1.165) is 12.8 Å². The van der Waals surface area contributed by atoms with E-state index in [1.54, 1.807) is 0 Å². The summed E-state index contributed by atoms with van der Waals surface area (Å²) < 4.78 is 0. The minimum atomic E-state index is 0.123. The molecule has 2 unspecified atom stereocenters. The zero-order chi connectivity index (χ0) is 6.10. The fourth-order valence-electron chi connectivity index (χ4n) is 1.23. The number of piperidine rings is 1. The van der Waals surface area contributed by atoms with Gasteiger partial charge < -0.3 is 0 Å². The summed E-state index contributed by atoms with van der Waals surface area (Å²) in [5.41, 5.74) is 0. The summed E-state index contributed by atoms with van der Waals surface area (Å²) in [4.78, 5) is 9.76. The van der Waals surface area contributed by atoms with E-state index in [0.29, 0.717) is 12.6 Å². The highest BCUT2D eigenvalue weighted by Crippen LogP contribution is 2.16. The second-order valence-corrected chi connectivity index (χ2v) is 2.49. The smallest absolute Gasteiger partial charge is 0.144 e. The van der Waals surface area contributed by atoms with Gasteiger partial charge in [0.2, 0.25) is 0 Å². The van der Waals surface area contributed by atoms with Crippen LogP contribution in [0.5, 0.6) is 0 Å². The lowest BCUT2D eigenvalue weighted by Crippen LogP contribution is -2.50. The predicted octanol–water partition coefficient (Wildman–Crippen LogP) is 0.231. The van der Waals surface area contributed by atoms with E-state index in [2.05, 4.69) is 11.7 Å². The van der Waals surface area contributed by atoms with Crippen molar-refractivity contribution in [2.24, 2.45) is 0 Å². The maximum absolute atomic E-state index is 4.91. The van der Waals surface area contributed by atoms with Crippen molar-refractivity contribution >= 4 is 0 Å². The molecular formula is C6H10NO2. The molecule has 0 aliphatic carbocycles. The molecule has 2 bridgehead atoms. The van der Waals surface area contributed by atoms with Crippen molar-refractivity contribution in [3.63, 3.8) is 0 Å². The monoisotopic (exact) mass is 128 g/mol. The molecule has 1 N–H and O–H groups in total. The van der Waals surface area contributed by atoms with Gasteiger partial charge in [0.25, 0.3) is 0 Å². The predicted molar refractivity (Wildman–Crippen MR) is 31.3 cm³/mol. The molecule has 0 saturated carbocycles. The second kappa shape index (κ2) is 2.25. The summed E-state index contributed by atoms with van der Waals surface area (Å²) in [6.45, 7) is 0.688. The molecule has 2 fully saturated rings. The minimum Gasteiger partial charge on any atom is -0.284 e. The van der Waals surface area contributed by atoms with Crippen molar-refractivity contribution < 1.29 is 9.78 Å². The van der Waals surface area contributed by atoms with Gasteiger partial charge in [0, 0.05) is 6.04 Å². The number of fused-ring (bicyclic) bond motifs is 2. The van der Waals surface area contributed by atoms with Gasteiger partial charge in [0.1, 0.15) is 6.23 Å². The zero-order valence-electron chi connectivity index (χ0n) is 5.17. The highest BCUT2D eigenvalue weighted by atomic mass is 17.2. The van der Waals surface area contributed by atoms with Crippen LogP contribution in [-0.2, 0) is 9.78 Å². The van der Waals surface area contributed by atoms with Crippen LogP contribution in [-0.4, -0.2) is 18.9 Å². The molecule has 9 heavy (non-hydrogen) atoms. The van der Waals surface area contributed by atoms with Crippen molar-refractivity contribution in [1.29, 1.82) is 0 Å². The third kappa shape index (κ3) is 1.08. The van der Waals surface area contributed by atoms with E-state index < -0.39 is 0 Å². The Labute approximate surface area is 54.3 Å². The molecule has 2 rings (SSSR count). The molecule has 3 nitrogen and oxygen atoms in total. The average molecular weight is 128 g/mol. The van der Waals surface area contributed by atoms with E-state index in [-0.39, 0.29) is 6.23 Å². The van der Waals surface area contributed by atoms with Gasteiger partial charge in [-0.2, -0.15) is 0 Å². The van der Waals surface area contributed by atoms with Gasteiger partial charge in [-0.1, -0.05) is 0 Å². The van der Waals surface area contributed by atoms with Gasteiger partial charge in [-0.3, -0.25) is 5.32 Å². The largest absolute Gasteiger partial charge is 0.284 e. The Kier molecular flexibility index (Phi) is 1.41. The van der Waals surface area contributed by atoms with Gasteiger partial charge >= 0.3 is 0 Å². The van der Waals surface area contributed by atoms with Gasteiger partial charge in [-0.25, -0.2) is 9.78 Å². The van der Waals surface area contributed by atoms with Crippen LogP contribution in [0.4, 0.5) is 0 Å². The molecular weight excluding hydrogens is 118 g/mol. The maximum atomic E-state index is 4.91. The molecule has 3 heteroatoms. The number of rotatable bonds is 0. The van der Waals surface area contributed by atoms with E-state index in [1.165, 1.54) is 0 Å². The normalized spacial score (nSPS) is 42.7.